The van der Waals surface area contributed by atoms with Crippen molar-refractivity contribution in [1.29, 1.82) is 0 Å². The third kappa shape index (κ3) is 1.93. The SMILES string of the molecule is CCCCc1cc2cn(C)c(=O)nc2o1. The van der Waals surface area contributed by atoms with Gasteiger partial charge in [0.25, 0.3) is 0 Å². The lowest BCUT2D eigenvalue weighted by atomic mass is 10.2. The van der Waals surface area contributed by atoms with Crippen LogP contribution >= 0.6 is 0 Å². The lowest BCUT2D eigenvalue weighted by Crippen LogP contribution is -2.18. The molecule has 2 heterocycles. The lowest BCUT2D eigenvalue weighted by Gasteiger charge is -1.92. The van der Waals surface area contributed by atoms with Gasteiger partial charge in [0.05, 0.1) is 5.39 Å². The zero-order valence-corrected chi connectivity index (χ0v) is 8.99. The van der Waals surface area contributed by atoms with E-state index in [-0.39, 0.29) is 5.69 Å². The van der Waals surface area contributed by atoms with Crippen LogP contribution < -0.4 is 5.69 Å². The number of aromatic nitrogens is 2. The molecular formula is C11H14N2O2. The van der Waals surface area contributed by atoms with Crippen LogP contribution in [0.4, 0.5) is 0 Å². The van der Waals surface area contributed by atoms with Crippen LogP contribution in [0.25, 0.3) is 11.1 Å². The van der Waals surface area contributed by atoms with Crippen LogP contribution in [0.15, 0.2) is 21.5 Å². The quantitative estimate of drug-likeness (QED) is 0.770. The molecule has 0 unspecified atom stereocenters. The van der Waals surface area contributed by atoms with Crippen LogP contribution in [-0.4, -0.2) is 9.55 Å². The second-order valence-corrected chi connectivity index (χ2v) is 3.71. The van der Waals surface area contributed by atoms with Crippen LogP contribution in [0.1, 0.15) is 25.5 Å². The topological polar surface area (TPSA) is 48.0 Å². The Hall–Kier alpha value is -1.58. The normalized spacial score (nSPS) is 11.1. The molecule has 2 aromatic rings. The molecule has 0 spiro atoms. The van der Waals surface area contributed by atoms with Crippen molar-refractivity contribution >= 4 is 11.1 Å². The molecular weight excluding hydrogens is 192 g/mol. The minimum absolute atomic E-state index is 0.279. The van der Waals surface area contributed by atoms with Gasteiger partial charge in [-0.25, -0.2) is 4.79 Å². The zero-order chi connectivity index (χ0) is 10.8. The van der Waals surface area contributed by atoms with Gasteiger partial charge in [0.2, 0.25) is 5.71 Å². The van der Waals surface area contributed by atoms with Crippen molar-refractivity contribution in [2.24, 2.45) is 7.05 Å². The second kappa shape index (κ2) is 3.88. The fraction of sp³-hybridized carbons (Fsp3) is 0.455. The van der Waals surface area contributed by atoms with Crippen molar-refractivity contribution in [3.63, 3.8) is 0 Å². The smallest absolute Gasteiger partial charge is 0.350 e. The molecule has 0 amide bonds. The van der Waals surface area contributed by atoms with Gasteiger partial charge in [-0.1, -0.05) is 13.3 Å². The first kappa shape index (κ1) is 9.96. The summed E-state index contributed by atoms with van der Waals surface area (Å²) in [5.41, 5.74) is 0.170. The summed E-state index contributed by atoms with van der Waals surface area (Å²) in [5.74, 6) is 0.907. The van der Waals surface area contributed by atoms with Crippen molar-refractivity contribution in [3.05, 3.63) is 28.5 Å². The highest BCUT2D eigenvalue weighted by Gasteiger charge is 2.06. The Balaban J connectivity index is 2.42. The summed E-state index contributed by atoms with van der Waals surface area (Å²) in [7, 11) is 1.69. The zero-order valence-electron chi connectivity index (χ0n) is 8.99. The predicted molar refractivity (Wildman–Crippen MR) is 57.9 cm³/mol. The number of nitrogens with zero attached hydrogens (tertiary/aromatic N) is 2. The van der Waals surface area contributed by atoms with E-state index in [1.165, 1.54) is 4.57 Å². The molecule has 0 radical (unpaired) electrons. The molecule has 4 heteroatoms. The number of rotatable bonds is 3. The molecule has 0 bridgehead atoms. The molecule has 0 atom stereocenters. The maximum Gasteiger partial charge on any atom is 0.350 e. The molecule has 0 aliphatic heterocycles. The molecule has 0 aliphatic rings. The first-order chi connectivity index (χ1) is 7.20. The predicted octanol–water partition coefficient (Wildman–Crippen LogP) is 1.87. The van der Waals surface area contributed by atoms with Crippen LogP contribution in [0.3, 0.4) is 0 Å². The summed E-state index contributed by atoms with van der Waals surface area (Å²) in [6.07, 6.45) is 4.88. The highest BCUT2D eigenvalue weighted by atomic mass is 16.3. The lowest BCUT2D eigenvalue weighted by molar-refractivity contribution is 0.525. The van der Waals surface area contributed by atoms with Crippen molar-refractivity contribution in [2.45, 2.75) is 26.2 Å². The van der Waals surface area contributed by atoms with E-state index in [9.17, 15) is 4.79 Å². The van der Waals surface area contributed by atoms with Gasteiger partial charge in [0.15, 0.2) is 0 Å². The van der Waals surface area contributed by atoms with Gasteiger partial charge >= 0.3 is 5.69 Å². The van der Waals surface area contributed by atoms with Crippen molar-refractivity contribution < 1.29 is 4.42 Å². The largest absolute Gasteiger partial charge is 0.443 e. The van der Waals surface area contributed by atoms with E-state index in [2.05, 4.69) is 11.9 Å². The summed E-state index contributed by atoms with van der Waals surface area (Å²) in [6.45, 7) is 2.14. The molecule has 80 valence electrons. The molecule has 0 aliphatic carbocycles. The van der Waals surface area contributed by atoms with E-state index < -0.39 is 0 Å². The van der Waals surface area contributed by atoms with Gasteiger partial charge in [-0.2, -0.15) is 4.98 Å². The van der Waals surface area contributed by atoms with Gasteiger partial charge < -0.3 is 8.98 Å². The average Bonchev–Trinajstić information content (AvgIpc) is 2.58. The van der Waals surface area contributed by atoms with Crippen LogP contribution in [0, 0.1) is 0 Å². The number of fused-ring (bicyclic) bond motifs is 1. The minimum atomic E-state index is -0.279. The maximum atomic E-state index is 11.2. The van der Waals surface area contributed by atoms with Crippen molar-refractivity contribution in [3.8, 4) is 0 Å². The molecule has 0 N–H and O–H groups in total. The fourth-order valence-electron chi connectivity index (χ4n) is 1.53. The van der Waals surface area contributed by atoms with Gasteiger partial charge in [-0.3, -0.25) is 0 Å². The second-order valence-electron chi connectivity index (χ2n) is 3.71. The summed E-state index contributed by atoms with van der Waals surface area (Å²) in [5, 5.41) is 0.892. The molecule has 0 fully saturated rings. The molecule has 2 rings (SSSR count). The summed E-state index contributed by atoms with van der Waals surface area (Å²) in [6, 6.07) is 1.96. The molecule has 15 heavy (non-hydrogen) atoms. The Morgan fingerprint density at radius 2 is 2.33 bits per heavy atom. The van der Waals surface area contributed by atoms with Crippen molar-refractivity contribution in [2.75, 3.05) is 0 Å². The van der Waals surface area contributed by atoms with Crippen LogP contribution in [-0.2, 0) is 13.5 Å². The maximum absolute atomic E-state index is 11.2. The van der Waals surface area contributed by atoms with Crippen molar-refractivity contribution in [1.82, 2.24) is 9.55 Å². The van der Waals surface area contributed by atoms with E-state index in [0.29, 0.717) is 5.71 Å². The molecule has 4 nitrogen and oxygen atoms in total. The Morgan fingerprint density at radius 1 is 1.53 bits per heavy atom. The Kier molecular flexibility index (Phi) is 2.58. The number of unbranched alkanes of at least 4 members (excludes halogenated alkanes) is 1. The average molecular weight is 206 g/mol. The number of aryl methyl sites for hydroxylation is 2. The third-order valence-electron chi connectivity index (χ3n) is 2.40. The van der Waals surface area contributed by atoms with Gasteiger partial charge in [0, 0.05) is 19.7 Å². The van der Waals surface area contributed by atoms with Gasteiger partial charge in [-0.05, 0) is 12.5 Å². The van der Waals surface area contributed by atoms with E-state index >= 15 is 0 Å². The first-order valence-corrected chi connectivity index (χ1v) is 5.17. The van der Waals surface area contributed by atoms with Gasteiger partial charge in [0.1, 0.15) is 5.76 Å². The van der Waals surface area contributed by atoms with E-state index in [1.54, 1.807) is 13.2 Å². The van der Waals surface area contributed by atoms with E-state index in [0.717, 1.165) is 30.4 Å². The fourth-order valence-corrected chi connectivity index (χ4v) is 1.53. The third-order valence-corrected chi connectivity index (χ3v) is 2.40. The minimum Gasteiger partial charge on any atom is -0.443 e. The monoisotopic (exact) mass is 206 g/mol. The Bertz CT molecular complexity index is 525. The van der Waals surface area contributed by atoms with E-state index in [1.807, 2.05) is 6.07 Å². The molecule has 0 saturated carbocycles. The summed E-state index contributed by atoms with van der Waals surface area (Å²) in [4.78, 5) is 15.1. The molecule has 2 aromatic heterocycles. The van der Waals surface area contributed by atoms with Crippen LogP contribution in [0.2, 0.25) is 0 Å². The number of hydrogen-bond acceptors (Lipinski definition) is 3. The Morgan fingerprint density at radius 3 is 3.07 bits per heavy atom. The standard InChI is InChI=1S/C11H14N2O2/c1-3-4-5-9-6-8-7-13(2)11(14)12-10(8)15-9/h6-7H,3-5H2,1-2H3. The highest BCUT2D eigenvalue weighted by molar-refractivity contribution is 5.72. The summed E-state index contributed by atoms with van der Waals surface area (Å²) >= 11 is 0. The highest BCUT2D eigenvalue weighted by Crippen LogP contribution is 2.16. The van der Waals surface area contributed by atoms with E-state index in [4.69, 9.17) is 4.42 Å². The molecule has 0 saturated heterocycles. The van der Waals surface area contributed by atoms with Crippen LogP contribution in [0.5, 0.6) is 0 Å². The first-order valence-electron chi connectivity index (χ1n) is 5.17. The summed E-state index contributed by atoms with van der Waals surface area (Å²) < 4.78 is 6.94. The number of furan rings is 1. The van der Waals surface area contributed by atoms with Gasteiger partial charge in [-0.15, -0.1) is 0 Å². The molecule has 0 aromatic carbocycles. The number of hydrogen-bond donors (Lipinski definition) is 0. The Labute approximate surface area is 87.5 Å².